The van der Waals surface area contributed by atoms with Crippen molar-refractivity contribution in [1.29, 1.82) is 0 Å². The van der Waals surface area contributed by atoms with Crippen molar-refractivity contribution in [3.8, 4) is 5.88 Å². The zero-order valence-corrected chi connectivity index (χ0v) is 15.2. The second-order valence-corrected chi connectivity index (χ2v) is 5.49. The fourth-order valence-corrected chi connectivity index (χ4v) is 2.13. The van der Waals surface area contributed by atoms with Crippen molar-refractivity contribution in [3.63, 3.8) is 0 Å². The monoisotopic (exact) mass is 412 g/mol. The van der Waals surface area contributed by atoms with E-state index in [4.69, 9.17) is 0 Å². The number of nitrogens with one attached hydrogen (secondary N) is 1. The molecule has 1 aromatic carbocycles. The summed E-state index contributed by atoms with van der Waals surface area (Å²) in [5.41, 5.74) is 0.00173. The lowest BCUT2D eigenvalue weighted by molar-refractivity contribution is -0.154. The summed E-state index contributed by atoms with van der Waals surface area (Å²) in [6.45, 7) is -1.52. The molecule has 1 heterocycles. The van der Waals surface area contributed by atoms with Gasteiger partial charge in [0.15, 0.2) is 6.61 Å². The molecule has 0 fully saturated rings. The number of rotatable bonds is 6. The van der Waals surface area contributed by atoms with Crippen LogP contribution in [0.3, 0.4) is 0 Å². The molecule has 2 aromatic rings. The number of nitrogens with zero attached hydrogens (tertiary/aromatic N) is 1. The van der Waals surface area contributed by atoms with E-state index >= 15 is 0 Å². The molecule has 0 aliphatic carbocycles. The lowest BCUT2D eigenvalue weighted by Crippen LogP contribution is -2.20. The number of halogens is 3. The minimum Gasteiger partial charge on any atom is -0.468 e. The molecule has 0 spiro atoms. The van der Waals surface area contributed by atoms with Gasteiger partial charge in [-0.3, -0.25) is 4.79 Å². The maximum atomic E-state index is 12.4. The highest BCUT2D eigenvalue weighted by atomic mass is 19.4. The number of alkyl halides is 3. The summed E-state index contributed by atoms with van der Waals surface area (Å²) in [6.07, 6.45) is -3.52. The first-order chi connectivity index (χ1) is 13.6. The van der Waals surface area contributed by atoms with E-state index in [0.29, 0.717) is 0 Å². The van der Waals surface area contributed by atoms with E-state index in [1.165, 1.54) is 31.4 Å². The van der Waals surface area contributed by atoms with Gasteiger partial charge in [-0.05, 0) is 24.3 Å². The van der Waals surface area contributed by atoms with Gasteiger partial charge in [0, 0.05) is 12.3 Å². The van der Waals surface area contributed by atoms with Gasteiger partial charge in [0.05, 0.1) is 36.6 Å². The fraction of sp³-hybridized carbons (Fsp3) is 0.222. The number of esters is 2. The highest BCUT2D eigenvalue weighted by molar-refractivity contribution is 6.08. The van der Waals surface area contributed by atoms with Crippen LogP contribution in [0.5, 0.6) is 5.88 Å². The Kier molecular flexibility index (Phi) is 6.75. The minimum atomic E-state index is -4.52. The topological polar surface area (TPSA) is 104 Å². The lowest BCUT2D eigenvalue weighted by Gasteiger charge is -2.12. The maximum Gasteiger partial charge on any atom is 0.422 e. The van der Waals surface area contributed by atoms with Crippen LogP contribution in [0, 0.1) is 0 Å². The molecule has 0 saturated heterocycles. The molecule has 0 atom stereocenters. The number of carbonyl (C=O) groups is 3. The summed E-state index contributed by atoms with van der Waals surface area (Å²) in [4.78, 5) is 39.6. The molecule has 1 amide bonds. The number of benzene rings is 1. The van der Waals surface area contributed by atoms with Crippen LogP contribution >= 0.6 is 0 Å². The van der Waals surface area contributed by atoms with Gasteiger partial charge in [0.25, 0.3) is 5.91 Å². The Labute approximate surface area is 162 Å². The highest BCUT2D eigenvalue weighted by Crippen LogP contribution is 2.21. The summed E-state index contributed by atoms with van der Waals surface area (Å²) < 4.78 is 50.1. The maximum absolute atomic E-state index is 12.4. The van der Waals surface area contributed by atoms with E-state index < -0.39 is 30.6 Å². The van der Waals surface area contributed by atoms with Crippen LogP contribution < -0.4 is 10.1 Å². The summed E-state index contributed by atoms with van der Waals surface area (Å²) in [7, 11) is 2.31. The van der Waals surface area contributed by atoms with Gasteiger partial charge in [0.2, 0.25) is 5.88 Å². The molecule has 8 nitrogen and oxygen atoms in total. The van der Waals surface area contributed by atoms with E-state index in [-0.39, 0.29) is 28.3 Å². The fourth-order valence-electron chi connectivity index (χ4n) is 2.13. The van der Waals surface area contributed by atoms with Crippen molar-refractivity contribution in [2.75, 3.05) is 26.1 Å². The Hall–Kier alpha value is -3.63. The summed E-state index contributed by atoms with van der Waals surface area (Å²) >= 11 is 0. The van der Waals surface area contributed by atoms with Crippen molar-refractivity contribution < 1.29 is 41.8 Å². The SMILES string of the molecule is COC(=O)c1ccc(C(=O)OC)c(NC(=O)c2ccc(OCC(F)(F)F)nc2)c1. The van der Waals surface area contributed by atoms with Crippen molar-refractivity contribution in [2.45, 2.75) is 6.18 Å². The number of methoxy groups -OCH3 is 2. The first-order valence-corrected chi connectivity index (χ1v) is 7.92. The Morgan fingerprint density at radius 1 is 1.00 bits per heavy atom. The zero-order valence-electron chi connectivity index (χ0n) is 15.2. The van der Waals surface area contributed by atoms with E-state index in [1.54, 1.807) is 0 Å². The standard InChI is InChI=1S/C18H15F3N2O6/c1-27-16(25)10-3-5-12(17(26)28-2)13(7-10)23-15(24)11-4-6-14(22-8-11)29-9-18(19,20)21/h3-8H,9H2,1-2H3,(H,23,24). The Bertz CT molecular complexity index is 913. The second kappa shape index (κ2) is 9.04. The Morgan fingerprint density at radius 3 is 2.21 bits per heavy atom. The molecule has 11 heteroatoms. The molecular weight excluding hydrogens is 397 g/mol. The smallest absolute Gasteiger partial charge is 0.422 e. The normalized spacial score (nSPS) is 10.8. The second-order valence-electron chi connectivity index (χ2n) is 5.49. The molecule has 0 unspecified atom stereocenters. The predicted molar refractivity (Wildman–Crippen MR) is 92.9 cm³/mol. The molecule has 0 radical (unpaired) electrons. The average molecular weight is 412 g/mol. The van der Waals surface area contributed by atoms with Gasteiger partial charge in [-0.25, -0.2) is 14.6 Å². The molecule has 1 N–H and O–H groups in total. The van der Waals surface area contributed by atoms with Gasteiger partial charge >= 0.3 is 18.1 Å². The van der Waals surface area contributed by atoms with Crippen LogP contribution in [0.4, 0.5) is 18.9 Å². The molecule has 0 saturated carbocycles. The van der Waals surface area contributed by atoms with Gasteiger partial charge in [-0.15, -0.1) is 0 Å². The zero-order chi connectivity index (χ0) is 21.6. The van der Waals surface area contributed by atoms with Crippen LogP contribution in [0.1, 0.15) is 31.1 Å². The van der Waals surface area contributed by atoms with Gasteiger partial charge < -0.3 is 19.5 Å². The molecule has 0 bridgehead atoms. The number of ether oxygens (including phenoxy) is 3. The molecule has 1 aromatic heterocycles. The van der Waals surface area contributed by atoms with Crippen LogP contribution in [-0.2, 0) is 9.47 Å². The van der Waals surface area contributed by atoms with Gasteiger partial charge in [-0.2, -0.15) is 13.2 Å². The largest absolute Gasteiger partial charge is 0.468 e. The van der Waals surface area contributed by atoms with Crippen molar-refractivity contribution >= 4 is 23.5 Å². The van der Waals surface area contributed by atoms with Gasteiger partial charge in [0.1, 0.15) is 0 Å². The molecule has 29 heavy (non-hydrogen) atoms. The molecular formula is C18H15F3N2O6. The predicted octanol–water partition coefficient (Wildman–Crippen LogP) is 2.85. The van der Waals surface area contributed by atoms with Crippen molar-refractivity contribution in [3.05, 3.63) is 53.2 Å². The Morgan fingerprint density at radius 2 is 1.66 bits per heavy atom. The van der Waals surface area contributed by atoms with Crippen molar-refractivity contribution in [1.82, 2.24) is 4.98 Å². The number of carbonyl (C=O) groups excluding carboxylic acids is 3. The van der Waals surface area contributed by atoms with Crippen LogP contribution in [0.15, 0.2) is 36.5 Å². The number of pyridine rings is 1. The Balaban J connectivity index is 2.22. The average Bonchev–Trinajstić information content (AvgIpc) is 2.70. The third kappa shape index (κ3) is 5.92. The summed E-state index contributed by atoms with van der Waals surface area (Å²) in [6, 6.07) is 6.11. The molecule has 154 valence electrons. The third-order valence-electron chi connectivity index (χ3n) is 3.48. The third-order valence-corrected chi connectivity index (χ3v) is 3.48. The molecule has 0 aliphatic heterocycles. The number of aromatic nitrogens is 1. The summed E-state index contributed by atoms with van der Waals surface area (Å²) in [5, 5.41) is 2.43. The van der Waals surface area contributed by atoms with E-state index in [9.17, 15) is 27.6 Å². The first kappa shape index (κ1) is 21.7. The van der Waals surface area contributed by atoms with Crippen LogP contribution in [0.2, 0.25) is 0 Å². The van der Waals surface area contributed by atoms with Gasteiger partial charge in [-0.1, -0.05) is 0 Å². The van der Waals surface area contributed by atoms with E-state index in [2.05, 4.69) is 24.5 Å². The lowest BCUT2D eigenvalue weighted by atomic mass is 10.1. The molecule has 0 aliphatic rings. The molecule has 2 rings (SSSR count). The van der Waals surface area contributed by atoms with Crippen LogP contribution in [-0.4, -0.2) is 49.8 Å². The van der Waals surface area contributed by atoms with E-state index in [1.807, 2.05) is 0 Å². The highest BCUT2D eigenvalue weighted by Gasteiger charge is 2.28. The number of hydrogen-bond acceptors (Lipinski definition) is 7. The van der Waals surface area contributed by atoms with Crippen LogP contribution in [0.25, 0.3) is 0 Å². The van der Waals surface area contributed by atoms with E-state index in [0.717, 1.165) is 19.4 Å². The number of anilines is 1. The summed E-state index contributed by atoms with van der Waals surface area (Å²) in [5.74, 6) is -2.50. The first-order valence-electron chi connectivity index (χ1n) is 7.92. The van der Waals surface area contributed by atoms with Crippen molar-refractivity contribution in [2.24, 2.45) is 0 Å². The number of hydrogen-bond donors (Lipinski definition) is 1. The minimum absolute atomic E-state index is 0.0217. The number of amides is 1. The quantitative estimate of drug-likeness (QED) is 0.728.